The third-order valence-electron chi connectivity index (χ3n) is 1.79. The van der Waals surface area contributed by atoms with Gasteiger partial charge in [0, 0.05) is 17.4 Å². The Labute approximate surface area is 87.4 Å². The molecule has 0 radical (unpaired) electrons. The molecule has 0 aliphatic rings. The van der Waals surface area contributed by atoms with Crippen molar-refractivity contribution in [1.82, 2.24) is 0 Å². The van der Waals surface area contributed by atoms with Gasteiger partial charge in [0.25, 0.3) is 0 Å². The number of amides is 1. The Hall–Kier alpha value is -1.56. The molecule has 1 aromatic carbocycles. The number of rotatable bonds is 3. The molecule has 1 rings (SSSR count). The van der Waals surface area contributed by atoms with Gasteiger partial charge in [-0.2, -0.15) is 0 Å². The lowest BCUT2D eigenvalue weighted by Gasteiger charge is -2.04. The number of benzene rings is 1. The summed E-state index contributed by atoms with van der Waals surface area (Å²) < 4.78 is 21.9. The Morgan fingerprint density at radius 3 is 2.47 bits per heavy atom. The number of hydrogen-bond donors (Lipinski definition) is 2. The van der Waals surface area contributed by atoms with Crippen molar-refractivity contribution < 1.29 is 18.3 Å². The molecular formula is C9H11NO4S. The molecule has 1 aromatic rings. The first-order valence-corrected chi connectivity index (χ1v) is 6.15. The highest BCUT2D eigenvalue weighted by Crippen LogP contribution is 2.20. The van der Waals surface area contributed by atoms with Crippen molar-refractivity contribution in [3.63, 3.8) is 0 Å². The zero-order valence-corrected chi connectivity index (χ0v) is 8.91. The first kappa shape index (κ1) is 11.5. The van der Waals surface area contributed by atoms with Crippen molar-refractivity contribution in [2.75, 3.05) is 6.26 Å². The second kappa shape index (κ2) is 3.90. The fraction of sp³-hybridized carbons (Fsp3) is 0.222. The third-order valence-corrected chi connectivity index (χ3v) is 2.62. The van der Waals surface area contributed by atoms with E-state index in [1.165, 1.54) is 12.1 Å². The van der Waals surface area contributed by atoms with E-state index in [1.807, 2.05) is 0 Å². The van der Waals surface area contributed by atoms with Gasteiger partial charge in [-0.15, -0.1) is 0 Å². The van der Waals surface area contributed by atoms with Crippen molar-refractivity contribution in [1.29, 1.82) is 0 Å². The number of nitrogens with two attached hydrogens (primary N) is 1. The van der Waals surface area contributed by atoms with E-state index >= 15 is 0 Å². The zero-order chi connectivity index (χ0) is 11.6. The molecule has 0 aliphatic carbocycles. The van der Waals surface area contributed by atoms with Crippen LogP contribution in [0.15, 0.2) is 18.2 Å². The minimum absolute atomic E-state index is 0.143. The van der Waals surface area contributed by atoms with E-state index in [1.54, 1.807) is 0 Å². The van der Waals surface area contributed by atoms with Gasteiger partial charge in [-0.05, 0) is 12.1 Å². The van der Waals surface area contributed by atoms with Crippen molar-refractivity contribution in [3.05, 3.63) is 29.3 Å². The molecule has 0 fully saturated rings. The van der Waals surface area contributed by atoms with Gasteiger partial charge in [0.05, 0.1) is 5.75 Å². The first-order chi connectivity index (χ1) is 6.79. The van der Waals surface area contributed by atoms with Crippen LogP contribution in [0.5, 0.6) is 5.75 Å². The van der Waals surface area contributed by atoms with Gasteiger partial charge in [-0.1, -0.05) is 6.07 Å². The van der Waals surface area contributed by atoms with E-state index in [0.29, 0.717) is 0 Å². The molecule has 0 atom stereocenters. The van der Waals surface area contributed by atoms with Crippen LogP contribution in [0.25, 0.3) is 0 Å². The molecule has 3 N–H and O–H groups in total. The summed E-state index contributed by atoms with van der Waals surface area (Å²) in [5.41, 5.74) is 5.39. The lowest BCUT2D eigenvalue weighted by molar-refractivity contribution is 0.1000. The number of primary amides is 1. The topological polar surface area (TPSA) is 97.5 Å². The molecule has 5 nitrogen and oxygen atoms in total. The van der Waals surface area contributed by atoms with Crippen LogP contribution in [0.3, 0.4) is 0 Å². The standard InChI is InChI=1S/C9H11NO4S/c1-15(13,14)5-7-3-2-6(9(10)12)4-8(7)11/h2-4,11H,5H2,1H3,(H2,10,12). The maximum atomic E-state index is 11.0. The highest BCUT2D eigenvalue weighted by molar-refractivity contribution is 7.89. The van der Waals surface area contributed by atoms with Crippen LogP contribution in [-0.2, 0) is 15.6 Å². The third kappa shape index (κ3) is 3.25. The number of sulfone groups is 1. The van der Waals surface area contributed by atoms with Crippen LogP contribution >= 0.6 is 0 Å². The number of phenols is 1. The summed E-state index contributed by atoms with van der Waals surface area (Å²) in [7, 11) is -3.21. The number of aromatic hydroxyl groups is 1. The van der Waals surface area contributed by atoms with Gasteiger partial charge in [-0.3, -0.25) is 4.79 Å². The van der Waals surface area contributed by atoms with E-state index in [-0.39, 0.29) is 22.6 Å². The Kier molecular flexibility index (Phi) is 2.99. The molecule has 6 heteroatoms. The van der Waals surface area contributed by atoms with Crippen molar-refractivity contribution in [3.8, 4) is 5.75 Å². The molecule has 82 valence electrons. The summed E-state index contributed by atoms with van der Waals surface area (Å²) in [4.78, 5) is 10.7. The second-order valence-electron chi connectivity index (χ2n) is 3.28. The maximum absolute atomic E-state index is 11.0. The van der Waals surface area contributed by atoms with Crippen LogP contribution in [-0.4, -0.2) is 25.7 Å². The fourth-order valence-electron chi connectivity index (χ4n) is 1.12. The van der Waals surface area contributed by atoms with Crippen molar-refractivity contribution in [2.24, 2.45) is 5.73 Å². The molecule has 0 saturated carbocycles. The van der Waals surface area contributed by atoms with Crippen LogP contribution in [0.1, 0.15) is 15.9 Å². The Balaban J connectivity index is 3.09. The minimum atomic E-state index is -3.21. The highest BCUT2D eigenvalue weighted by atomic mass is 32.2. The lowest BCUT2D eigenvalue weighted by atomic mass is 10.1. The van der Waals surface area contributed by atoms with Crippen molar-refractivity contribution >= 4 is 15.7 Å². The smallest absolute Gasteiger partial charge is 0.248 e. The Morgan fingerprint density at radius 2 is 2.07 bits per heavy atom. The largest absolute Gasteiger partial charge is 0.508 e. The summed E-state index contributed by atoms with van der Waals surface area (Å²) in [6, 6.07) is 3.90. The van der Waals surface area contributed by atoms with E-state index < -0.39 is 15.7 Å². The van der Waals surface area contributed by atoms with Crippen LogP contribution in [0.2, 0.25) is 0 Å². The summed E-state index contributed by atoms with van der Waals surface area (Å²) in [5, 5.41) is 9.43. The predicted octanol–water partition coefficient (Wildman–Crippen LogP) is 0.0357. The second-order valence-corrected chi connectivity index (χ2v) is 5.42. The van der Waals surface area contributed by atoms with Crippen LogP contribution < -0.4 is 5.73 Å². The molecule has 1 amide bonds. The zero-order valence-electron chi connectivity index (χ0n) is 8.10. The molecule has 0 aromatic heterocycles. The van der Waals surface area contributed by atoms with Gasteiger partial charge in [0.2, 0.25) is 5.91 Å². The Bertz CT molecular complexity index is 493. The van der Waals surface area contributed by atoms with Gasteiger partial charge < -0.3 is 10.8 Å². The first-order valence-electron chi connectivity index (χ1n) is 4.09. The monoisotopic (exact) mass is 229 g/mol. The van der Waals surface area contributed by atoms with E-state index in [4.69, 9.17) is 5.73 Å². The molecular weight excluding hydrogens is 218 g/mol. The molecule has 0 heterocycles. The predicted molar refractivity (Wildman–Crippen MR) is 55.2 cm³/mol. The Morgan fingerprint density at radius 1 is 1.47 bits per heavy atom. The van der Waals surface area contributed by atoms with Crippen LogP contribution in [0, 0.1) is 0 Å². The van der Waals surface area contributed by atoms with Crippen molar-refractivity contribution in [2.45, 2.75) is 5.75 Å². The highest BCUT2D eigenvalue weighted by Gasteiger charge is 2.10. The molecule has 0 bridgehead atoms. The fourth-order valence-corrected chi connectivity index (χ4v) is 1.93. The number of carbonyl (C=O) groups excluding carboxylic acids is 1. The molecule has 0 saturated heterocycles. The lowest BCUT2D eigenvalue weighted by Crippen LogP contribution is -2.11. The summed E-state index contributed by atoms with van der Waals surface area (Å²) >= 11 is 0. The van der Waals surface area contributed by atoms with E-state index in [9.17, 15) is 18.3 Å². The van der Waals surface area contributed by atoms with Gasteiger partial charge in [0.1, 0.15) is 5.75 Å². The number of carbonyl (C=O) groups is 1. The summed E-state index contributed by atoms with van der Waals surface area (Å²) in [6.07, 6.45) is 1.06. The molecule has 0 aliphatic heterocycles. The molecule has 0 unspecified atom stereocenters. The number of hydrogen-bond acceptors (Lipinski definition) is 4. The average Bonchev–Trinajstić information content (AvgIpc) is 2.05. The average molecular weight is 229 g/mol. The summed E-state index contributed by atoms with van der Waals surface area (Å²) in [6.45, 7) is 0. The SMILES string of the molecule is CS(=O)(=O)Cc1ccc(C(N)=O)cc1O. The van der Waals surface area contributed by atoms with Gasteiger partial charge >= 0.3 is 0 Å². The maximum Gasteiger partial charge on any atom is 0.248 e. The van der Waals surface area contributed by atoms with Crippen LogP contribution in [0.4, 0.5) is 0 Å². The summed E-state index contributed by atoms with van der Waals surface area (Å²) in [5.74, 6) is -1.18. The number of phenolic OH excluding ortho intramolecular Hbond substituents is 1. The minimum Gasteiger partial charge on any atom is -0.508 e. The quantitative estimate of drug-likeness (QED) is 0.764. The van der Waals surface area contributed by atoms with E-state index in [0.717, 1.165) is 12.3 Å². The normalized spacial score (nSPS) is 11.3. The van der Waals surface area contributed by atoms with Gasteiger partial charge in [-0.25, -0.2) is 8.42 Å². The molecule has 15 heavy (non-hydrogen) atoms. The molecule has 0 spiro atoms. The van der Waals surface area contributed by atoms with E-state index in [2.05, 4.69) is 0 Å². The van der Waals surface area contributed by atoms with Gasteiger partial charge in [0.15, 0.2) is 9.84 Å².